The molecule has 1 saturated heterocycles. The van der Waals surface area contributed by atoms with Gasteiger partial charge in [-0.3, -0.25) is 0 Å². The Morgan fingerprint density at radius 2 is 2.00 bits per heavy atom. The lowest BCUT2D eigenvalue weighted by Crippen LogP contribution is -2.52. The van der Waals surface area contributed by atoms with Crippen LogP contribution in [-0.2, 0) is 9.84 Å². The number of rotatable bonds is 2. The molecular weight excluding hydrogens is 222 g/mol. The first-order valence-electron chi connectivity index (χ1n) is 5.41. The molecule has 1 fully saturated rings. The summed E-state index contributed by atoms with van der Waals surface area (Å²) < 4.78 is 23.6. The largest absolute Gasteiger partial charge is 0.314 e. The summed E-state index contributed by atoms with van der Waals surface area (Å²) >= 11 is 0. The lowest BCUT2D eigenvalue weighted by atomic mass is 9.98. The number of benzene rings is 1. The Hall–Kier alpha value is -0.870. The summed E-state index contributed by atoms with van der Waals surface area (Å²) in [6, 6.07) is 6.05. The highest BCUT2D eigenvalue weighted by Gasteiger charge is 2.46. The Morgan fingerprint density at radius 1 is 1.31 bits per heavy atom. The van der Waals surface area contributed by atoms with Gasteiger partial charge < -0.3 is 5.32 Å². The van der Waals surface area contributed by atoms with Gasteiger partial charge in [0.15, 0.2) is 9.84 Å². The van der Waals surface area contributed by atoms with Gasteiger partial charge in [0.2, 0.25) is 0 Å². The molecule has 3 nitrogen and oxygen atoms in total. The number of hydrogen-bond donors (Lipinski definition) is 1. The van der Waals surface area contributed by atoms with E-state index in [1.54, 1.807) is 0 Å². The second kappa shape index (κ2) is 3.86. The molecule has 0 aromatic heterocycles. The molecule has 0 saturated carbocycles. The lowest BCUT2D eigenvalue weighted by molar-refractivity contribution is 0.481. The molecule has 0 radical (unpaired) electrons. The third kappa shape index (κ3) is 1.76. The highest BCUT2D eigenvalue weighted by Crippen LogP contribution is 2.38. The fourth-order valence-corrected chi connectivity index (χ4v) is 4.36. The standard InChI is InChI=1S/C12H17NO2S/c1-8-4-5-9(2)10(6-8)12-11(13-3)7-16(12,14)15/h4-6,11-13H,7H2,1-3H3. The van der Waals surface area contributed by atoms with Crippen LogP contribution in [0.1, 0.15) is 21.9 Å². The van der Waals surface area contributed by atoms with Gasteiger partial charge in [0.05, 0.1) is 5.75 Å². The van der Waals surface area contributed by atoms with Crippen molar-refractivity contribution in [3.63, 3.8) is 0 Å². The van der Waals surface area contributed by atoms with Crippen molar-refractivity contribution in [2.75, 3.05) is 12.8 Å². The van der Waals surface area contributed by atoms with Gasteiger partial charge in [-0.2, -0.15) is 0 Å². The van der Waals surface area contributed by atoms with Gasteiger partial charge in [-0.25, -0.2) is 8.42 Å². The third-order valence-corrected chi connectivity index (χ3v) is 5.46. The third-order valence-electron chi connectivity index (χ3n) is 3.28. The van der Waals surface area contributed by atoms with Gasteiger partial charge in [-0.05, 0) is 32.0 Å². The molecule has 1 aromatic rings. The second-order valence-corrected chi connectivity index (χ2v) is 6.67. The van der Waals surface area contributed by atoms with E-state index in [1.807, 2.05) is 39.1 Å². The van der Waals surface area contributed by atoms with Crippen LogP contribution in [0.3, 0.4) is 0 Å². The number of likely N-dealkylation sites (N-methyl/N-ethyl adjacent to an activating group) is 1. The van der Waals surface area contributed by atoms with Crippen LogP contribution in [0.25, 0.3) is 0 Å². The maximum absolute atomic E-state index is 11.8. The first-order chi connectivity index (χ1) is 7.45. The predicted octanol–water partition coefficient (Wildman–Crippen LogP) is 1.36. The molecule has 1 heterocycles. The van der Waals surface area contributed by atoms with E-state index in [2.05, 4.69) is 5.32 Å². The maximum atomic E-state index is 11.8. The van der Waals surface area contributed by atoms with E-state index in [1.165, 1.54) is 0 Å². The summed E-state index contributed by atoms with van der Waals surface area (Å²) in [6.45, 7) is 3.96. The zero-order valence-corrected chi connectivity index (χ0v) is 10.6. The summed E-state index contributed by atoms with van der Waals surface area (Å²) in [4.78, 5) is 0. The molecule has 0 bridgehead atoms. The molecule has 1 aromatic carbocycles. The molecule has 2 unspecified atom stereocenters. The second-order valence-electron chi connectivity index (χ2n) is 4.51. The molecule has 0 aliphatic carbocycles. The van der Waals surface area contributed by atoms with Gasteiger partial charge in [0.1, 0.15) is 5.25 Å². The highest BCUT2D eigenvalue weighted by molar-refractivity contribution is 7.93. The molecule has 4 heteroatoms. The van der Waals surface area contributed by atoms with Crippen LogP contribution in [0.5, 0.6) is 0 Å². The van der Waals surface area contributed by atoms with Crippen LogP contribution in [0.15, 0.2) is 18.2 Å². The first kappa shape index (κ1) is 11.6. The molecule has 2 atom stereocenters. The van der Waals surface area contributed by atoms with Gasteiger partial charge >= 0.3 is 0 Å². The van der Waals surface area contributed by atoms with Crippen molar-refractivity contribution in [2.24, 2.45) is 0 Å². The van der Waals surface area contributed by atoms with Crippen LogP contribution in [0.2, 0.25) is 0 Å². The van der Waals surface area contributed by atoms with E-state index in [0.717, 1.165) is 16.7 Å². The molecule has 0 amide bonds. The summed E-state index contributed by atoms with van der Waals surface area (Å²) in [7, 11) is -1.12. The van der Waals surface area contributed by atoms with Crippen molar-refractivity contribution in [3.05, 3.63) is 34.9 Å². The van der Waals surface area contributed by atoms with Crippen LogP contribution in [0, 0.1) is 13.8 Å². The highest BCUT2D eigenvalue weighted by atomic mass is 32.2. The lowest BCUT2D eigenvalue weighted by Gasteiger charge is -2.37. The van der Waals surface area contributed by atoms with Crippen molar-refractivity contribution < 1.29 is 8.42 Å². The SMILES string of the molecule is CNC1CS(=O)(=O)C1c1cc(C)ccc1C. The summed E-state index contributed by atoms with van der Waals surface area (Å²) in [5.41, 5.74) is 3.11. The summed E-state index contributed by atoms with van der Waals surface area (Å²) in [6.07, 6.45) is 0. The molecule has 2 rings (SSSR count). The van der Waals surface area contributed by atoms with Crippen LogP contribution < -0.4 is 5.32 Å². The van der Waals surface area contributed by atoms with Crippen molar-refractivity contribution in [3.8, 4) is 0 Å². The quantitative estimate of drug-likeness (QED) is 0.847. The molecule has 1 N–H and O–H groups in total. The molecule has 1 aliphatic heterocycles. The minimum Gasteiger partial charge on any atom is -0.314 e. The number of hydrogen-bond acceptors (Lipinski definition) is 3. The Morgan fingerprint density at radius 3 is 2.56 bits per heavy atom. The molecular formula is C12H17NO2S. The van der Waals surface area contributed by atoms with Gasteiger partial charge in [0.25, 0.3) is 0 Å². The topological polar surface area (TPSA) is 46.2 Å². The Bertz CT molecular complexity index is 508. The smallest absolute Gasteiger partial charge is 0.160 e. The zero-order valence-electron chi connectivity index (χ0n) is 9.82. The Labute approximate surface area is 96.8 Å². The maximum Gasteiger partial charge on any atom is 0.160 e. The van der Waals surface area contributed by atoms with Crippen molar-refractivity contribution in [1.29, 1.82) is 0 Å². The minimum absolute atomic E-state index is 0.0606. The number of nitrogens with one attached hydrogen (secondary N) is 1. The summed E-state index contributed by atoms with van der Waals surface area (Å²) in [5.74, 6) is 0.252. The minimum atomic E-state index is -2.94. The number of sulfone groups is 1. The van der Waals surface area contributed by atoms with E-state index in [9.17, 15) is 8.42 Å². The van der Waals surface area contributed by atoms with Crippen LogP contribution in [-0.4, -0.2) is 27.3 Å². The van der Waals surface area contributed by atoms with E-state index in [-0.39, 0.29) is 17.0 Å². The molecule has 1 aliphatic rings. The predicted molar refractivity (Wildman–Crippen MR) is 65.3 cm³/mol. The molecule has 88 valence electrons. The Balaban J connectivity index is 2.46. The van der Waals surface area contributed by atoms with Gasteiger partial charge in [-0.1, -0.05) is 23.8 Å². The number of aryl methyl sites for hydroxylation is 2. The van der Waals surface area contributed by atoms with E-state index in [4.69, 9.17) is 0 Å². The van der Waals surface area contributed by atoms with E-state index < -0.39 is 9.84 Å². The van der Waals surface area contributed by atoms with Crippen LogP contribution >= 0.6 is 0 Å². The average molecular weight is 239 g/mol. The average Bonchev–Trinajstić information content (AvgIpc) is 2.20. The normalized spacial score (nSPS) is 27.4. The fraction of sp³-hybridized carbons (Fsp3) is 0.500. The van der Waals surface area contributed by atoms with E-state index in [0.29, 0.717) is 0 Å². The fourth-order valence-electron chi connectivity index (χ4n) is 2.28. The van der Waals surface area contributed by atoms with Crippen molar-refractivity contribution >= 4 is 9.84 Å². The van der Waals surface area contributed by atoms with Gasteiger partial charge in [-0.15, -0.1) is 0 Å². The summed E-state index contributed by atoms with van der Waals surface area (Å²) in [5, 5.41) is 2.71. The van der Waals surface area contributed by atoms with Crippen LogP contribution in [0.4, 0.5) is 0 Å². The Kier molecular flexibility index (Phi) is 2.80. The van der Waals surface area contributed by atoms with Crippen molar-refractivity contribution in [1.82, 2.24) is 5.32 Å². The molecule has 16 heavy (non-hydrogen) atoms. The molecule has 0 spiro atoms. The van der Waals surface area contributed by atoms with Gasteiger partial charge in [0, 0.05) is 6.04 Å². The monoisotopic (exact) mass is 239 g/mol. The first-order valence-corrected chi connectivity index (χ1v) is 7.13. The zero-order chi connectivity index (χ0) is 11.9. The van der Waals surface area contributed by atoms with E-state index >= 15 is 0 Å². The van der Waals surface area contributed by atoms with Crippen molar-refractivity contribution in [2.45, 2.75) is 25.1 Å².